The molecule has 5 heteroatoms. The molecule has 0 amide bonds. The summed E-state index contributed by atoms with van der Waals surface area (Å²) in [5.74, 6) is 0.0551. The highest BCUT2D eigenvalue weighted by Gasteiger charge is 2.14. The molecule has 0 saturated carbocycles. The van der Waals surface area contributed by atoms with Crippen LogP contribution in [0, 0.1) is 0 Å². The Bertz CT molecular complexity index is 668. The van der Waals surface area contributed by atoms with Gasteiger partial charge in [-0.25, -0.2) is 0 Å². The first-order valence-corrected chi connectivity index (χ1v) is 7.95. The van der Waals surface area contributed by atoms with E-state index in [9.17, 15) is 4.79 Å². The Hall–Kier alpha value is -2.27. The van der Waals surface area contributed by atoms with Crippen molar-refractivity contribution in [1.82, 2.24) is 9.88 Å². The number of carbonyl (C=O) groups is 1. The van der Waals surface area contributed by atoms with Gasteiger partial charge in [-0.15, -0.1) is 0 Å². The molecule has 0 bridgehead atoms. The van der Waals surface area contributed by atoms with Crippen LogP contribution in [0.3, 0.4) is 0 Å². The molecule has 0 saturated heterocycles. The minimum Gasteiger partial charge on any atom is -0.342 e. The minimum atomic E-state index is 0.0551. The molecule has 0 aliphatic heterocycles. The van der Waals surface area contributed by atoms with E-state index >= 15 is 0 Å². The molecular weight excluding hydrogens is 306 g/mol. The van der Waals surface area contributed by atoms with Crippen LogP contribution < -0.4 is 5.32 Å². The van der Waals surface area contributed by atoms with Crippen LogP contribution in [0.25, 0.3) is 0 Å². The van der Waals surface area contributed by atoms with Crippen LogP contribution in [0.2, 0.25) is 0 Å². The highest BCUT2D eigenvalue weighted by Crippen LogP contribution is 2.14. The van der Waals surface area contributed by atoms with Gasteiger partial charge in [0.05, 0.1) is 0 Å². The number of aromatic nitrogens is 1. The van der Waals surface area contributed by atoms with Gasteiger partial charge in [-0.05, 0) is 68.9 Å². The minimum absolute atomic E-state index is 0.0551. The summed E-state index contributed by atoms with van der Waals surface area (Å²) >= 11 is 5.54. The Labute approximate surface area is 142 Å². The van der Waals surface area contributed by atoms with Crippen molar-refractivity contribution in [2.45, 2.75) is 33.4 Å². The molecule has 1 aromatic carbocycles. The third-order valence-corrected chi connectivity index (χ3v) is 3.84. The second-order valence-electron chi connectivity index (χ2n) is 5.65. The van der Waals surface area contributed by atoms with Crippen molar-refractivity contribution < 1.29 is 4.79 Å². The Morgan fingerprint density at radius 2 is 1.96 bits per heavy atom. The quantitative estimate of drug-likeness (QED) is 0.667. The number of thiocarbonyl (C=S) groups is 1. The molecule has 0 atom stereocenters. The van der Waals surface area contributed by atoms with Gasteiger partial charge in [-0.3, -0.25) is 9.78 Å². The highest BCUT2D eigenvalue weighted by molar-refractivity contribution is 7.80. The van der Waals surface area contributed by atoms with E-state index < -0.39 is 0 Å². The molecule has 2 rings (SSSR count). The average molecular weight is 327 g/mol. The predicted octanol–water partition coefficient (Wildman–Crippen LogP) is 3.89. The number of anilines is 1. The third-order valence-electron chi connectivity index (χ3n) is 3.50. The van der Waals surface area contributed by atoms with E-state index in [0.717, 1.165) is 11.3 Å². The number of nitrogens with zero attached hydrogens (tertiary/aromatic N) is 2. The zero-order valence-electron chi connectivity index (χ0n) is 13.6. The van der Waals surface area contributed by atoms with Gasteiger partial charge in [0, 0.05) is 36.2 Å². The number of pyridine rings is 1. The lowest BCUT2D eigenvalue weighted by Gasteiger charge is -2.29. The largest absolute Gasteiger partial charge is 0.342 e. The van der Waals surface area contributed by atoms with Crippen molar-refractivity contribution >= 4 is 28.8 Å². The first kappa shape index (κ1) is 17.1. The zero-order chi connectivity index (χ0) is 16.8. The smallest absolute Gasteiger partial charge is 0.173 e. The van der Waals surface area contributed by atoms with E-state index in [0.29, 0.717) is 17.2 Å². The van der Waals surface area contributed by atoms with Crippen LogP contribution >= 0.6 is 12.2 Å². The summed E-state index contributed by atoms with van der Waals surface area (Å²) in [6.45, 7) is 6.46. The molecule has 0 radical (unpaired) electrons. The van der Waals surface area contributed by atoms with Gasteiger partial charge in [0.1, 0.15) is 0 Å². The molecule has 0 unspecified atom stereocenters. The van der Waals surface area contributed by atoms with Gasteiger partial charge >= 0.3 is 0 Å². The second kappa shape index (κ2) is 7.83. The van der Waals surface area contributed by atoms with Crippen molar-refractivity contribution in [2.75, 3.05) is 5.32 Å². The fourth-order valence-electron chi connectivity index (χ4n) is 2.16. The van der Waals surface area contributed by atoms with E-state index in [4.69, 9.17) is 12.2 Å². The highest BCUT2D eigenvalue weighted by atomic mass is 32.1. The summed E-state index contributed by atoms with van der Waals surface area (Å²) in [5, 5.41) is 3.89. The summed E-state index contributed by atoms with van der Waals surface area (Å²) < 4.78 is 0. The molecule has 120 valence electrons. The van der Waals surface area contributed by atoms with Gasteiger partial charge < -0.3 is 10.2 Å². The van der Waals surface area contributed by atoms with Crippen molar-refractivity contribution in [3.63, 3.8) is 0 Å². The van der Waals surface area contributed by atoms with Crippen molar-refractivity contribution in [1.29, 1.82) is 0 Å². The van der Waals surface area contributed by atoms with Crippen molar-refractivity contribution in [2.24, 2.45) is 0 Å². The molecule has 1 aromatic heterocycles. The summed E-state index contributed by atoms with van der Waals surface area (Å²) in [4.78, 5) is 17.6. The molecule has 2 aromatic rings. The second-order valence-corrected chi connectivity index (χ2v) is 6.03. The van der Waals surface area contributed by atoms with E-state index in [1.54, 1.807) is 25.3 Å². The number of benzene rings is 1. The summed E-state index contributed by atoms with van der Waals surface area (Å²) in [5.41, 5.74) is 2.67. The van der Waals surface area contributed by atoms with Gasteiger partial charge in [-0.2, -0.15) is 0 Å². The Balaban J connectivity index is 2.07. The molecule has 4 nitrogen and oxygen atoms in total. The molecule has 0 aliphatic carbocycles. The maximum Gasteiger partial charge on any atom is 0.173 e. The Morgan fingerprint density at radius 1 is 1.26 bits per heavy atom. The molecule has 0 spiro atoms. The molecule has 1 N–H and O–H groups in total. The zero-order valence-corrected chi connectivity index (χ0v) is 14.4. The first-order valence-electron chi connectivity index (χ1n) is 7.55. The Morgan fingerprint density at radius 3 is 2.48 bits per heavy atom. The van der Waals surface area contributed by atoms with Crippen LogP contribution in [0.1, 0.15) is 36.7 Å². The van der Waals surface area contributed by atoms with E-state index in [-0.39, 0.29) is 11.8 Å². The van der Waals surface area contributed by atoms with E-state index in [1.807, 2.05) is 30.5 Å². The van der Waals surface area contributed by atoms with Gasteiger partial charge in [0.25, 0.3) is 0 Å². The first-order chi connectivity index (χ1) is 11.0. The number of rotatable bonds is 5. The fraction of sp³-hybridized carbons (Fsp3) is 0.278. The van der Waals surface area contributed by atoms with Gasteiger partial charge in [0.15, 0.2) is 10.9 Å². The standard InChI is InChI=1S/C18H21N3OS/c1-13(2)21(12-15-5-4-10-19-11-15)18(23)20-17-8-6-16(7-9-17)14(3)22/h4-11,13H,12H2,1-3H3,(H,20,23). The summed E-state index contributed by atoms with van der Waals surface area (Å²) in [6.07, 6.45) is 3.61. The molecule has 1 heterocycles. The summed E-state index contributed by atoms with van der Waals surface area (Å²) in [7, 11) is 0. The topological polar surface area (TPSA) is 45.2 Å². The van der Waals surface area contributed by atoms with E-state index in [2.05, 4.69) is 29.0 Å². The lowest BCUT2D eigenvalue weighted by atomic mass is 10.1. The van der Waals surface area contributed by atoms with Crippen LogP contribution in [0.15, 0.2) is 48.8 Å². The van der Waals surface area contributed by atoms with Gasteiger partial charge in [0.2, 0.25) is 0 Å². The predicted molar refractivity (Wildman–Crippen MR) is 97.6 cm³/mol. The van der Waals surface area contributed by atoms with Crippen molar-refractivity contribution in [3.05, 3.63) is 59.9 Å². The Kier molecular flexibility index (Phi) is 5.82. The number of hydrogen-bond donors (Lipinski definition) is 1. The maximum absolute atomic E-state index is 11.3. The van der Waals surface area contributed by atoms with Crippen LogP contribution in [-0.4, -0.2) is 26.8 Å². The maximum atomic E-state index is 11.3. The van der Waals surface area contributed by atoms with Crippen LogP contribution in [-0.2, 0) is 6.54 Å². The van der Waals surface area contributed by atoms with Crippen LogP contribution in [0.4, 0.5) is 5.69 Å². The number of carbonyl (C=O) groups excluding carboxylic acids is 1. The monoisotopic (exact) mass is 327 g/mol. The molecular formula is C18H21N3OS. The molecule has 23 heavy (non-hydrogen) atoms. The summed E-state index contributed by atoms with van der Waals surface area (Å²) in [6, 6.07) is 11.5. The van der Waals surface area contributed by atoms with Crippen LogP contribution in [0.5, 0.6) is 0 Å². The average Bonchev–Trinajstić information content (AvgIpc) is 2.53. The van der Waals surface area contributed by atoms with Crippen molar-refractivity contribution in [3.8, 4) is 0 Å². The number of hydrogen-bond acceptors (Lipinski definition) is 3. The van der Waals surface area contributed by atoms with Gasteiger partial charge in [-0.1, -0.05) is 6.07 Å². The SMILES string of the molecule is CC(=O)c1ccc(NC(=S)N(Cc2cccnc2)C(C)C)cc1. The lowest BCUT2D eigenvalue weighted by Crippen LogP contribution is -2.39. The molecule has 0 aliphatic rings. The normalized spacial score (nSPS) is 10.4. The fourth-order valence-corrected chi connectivity index (χ4v) is 2.55. The lowest BCUT2D eigenvalue weighted by molar-refractivity contribution is 0.101. The number of nitrogens with one attached hydrogen (secondary N) is 1. The third kappa shape index (κ3) is 4.86. The number of Topliss-reactive ketones (excluding diaryl/α,β-unsaturated/α-hetero) is 1. The van der Waals surface area contributed by atoms with E-state index in [1.165, 1.54) is 0 Å². The molecule has 0 fully saturated rings. The number of ketones is 1.